The maximum absolute atomic E-state index is 12.5. The average Bonchev–Trinajstić information content (AvgIpc) is 2.99. The summed E-state index contributed by atoms with van der Waals surface area (Å²) >= 11 is 6.09. The van der Waals surface area contributed by atoms with E-state index in [0.717, 1.165) is 22.2 Å². The number of Topliss-reactive ketones (excluding diaryl/α,β-unsaturated/α-hetero) is 1. The molecule has 5 nitrogen and oxygen atoms in total. The molecule has 0 spiro atoms. The van der Waals surface area contributed by atoms with Crippen LogP contribution in [0.15, 0.2) is 30.7 Å². The third-order valence-corrected chi connectivity index (χ3v) is 4.17. The Morgan fingerprint density at radius 2 is 2.19 bits per heavy atom. The summed E-state index contributed by atoms with van der Waals surface area (Å²) in [5, 5.41) is 5.64. The van der Waals surface area contributed by atoms with Gasteiger partial charge in [0.2, 0.25) is 0 Å². The number of aromatic nitrogens is 4. The molecule has 0 bridgehead atoms. The van der Waals surface area contributed by atoms with Crippen LogP contribution in [0.3, 0.4) is 0 Å². The second kappa shape index (κ2) is 4.36. The van der Waals surface area contributed by atoms with Crippen LogP contribution in [0, 0.1) is 0 Å². The molecule has 1 aromatic carbocycles. The lowest BCUT2D eigenvalue weighted by atomic mass is 9.95. The molecular weight excluding hydrogens is 288 g/mol. The zero-order valence-electron chi connectivity index (χ0n) is 11.2. The molecule has 0 amide bonds. The molecule has 0 saturated carbocycles. The molecule has 0 saturated heterocycles. The van der Waals surface area contributed by atoms with Gasteiger partial charge >= 0.3 is 0 Å². The maximum atomic E-state index is 12.5. The number of hydrogen-bond acceptors (Lipinski definition) is 4. The minimum absolute atomic E-state index is 0.135. The minimum Gasteiger partial charge on any atom is -0.298 e. The number of carbonyl (C=O) groups is 1. The monoisotopic (exact) mass is 298 g/mol. The summed E-state index contributed by atoms with van der Waals surface area (Å²) in [5.74, 6) is -0.246. The van der Waals surface area contributed by atoms with E-state index in [1.807, 2.05) is 25.2 Å². The van der Waals surface area contributed by atoms with Crippen LogP contribution in [0.25, 0.3) is 11.0 Å². The van der Waals surface area contributed by atoms with Gasteiger partial charge in [-0.1, -0.05) is 17.7 Å². The third kappa shape index (κ3) is 1.77. The Morgan fingerprint density at radius 1 is 1.33 bits per heavy atom. The van der Waals surface area contributed by atoms with Crippen LogP contribution in [-0.2, 0) is 18.3 Å². The Kier molecular flexibility index (Phi) is 2.59. The normalized spacial score (nSPS) is 17.4. The fourth-order valence-electron chi connectivity index (χ4n) is 2.97. The van der Waals surface area contributed by atoms with Crippen LogP contribution in [0.1, 0.15) is 22.7 Å². The lowest BCUT2D eigenvalue weighted by Crippen LogP contribution is -2.10. The number of ketones is 1. The van der Waals surface area contributed by atoms with Crippen LogP contribution < -0.4 is 0 Å². The summed E-state index contributed by atoms with van der Waals surface area (Å²) in [7, 11) is 1.82. The van der Waals surface area contributed by atoms with Crippen molar-refractivity contribution in [3.8, 4) is 0 Å². The predicted molar refractivity (Wildman–Crippen MR) is 78.3 cm³/mol. The number of rotatable bonds is 1. The van der Waals surface area contributed by atoms with Gasteiger partial charge in [0.05, 0.1) is 23.2 Å². The van der Waals surface area contributed by atoms with Gasteiger partial charge < -0.3 is 0 Å². The van der Waals surface area contributed by atoms with Crippen LogP contribution in [-0.4, -0.2) is 25.5 Å². The standard InChI is InChI=1S/C15H11ClN4O/c1-20-15-11(6-19-20)14(17-7-18-15)13-10-5-9(16)3-2-8(10)4-12(13)21/h2-3,5-7,13H,4H2,1H3. The van der Waals surface area contributed by atoms with Crippen LogP contribution >= 0.6 is 11.6 Å². The molecule has 0 fully saturated rings. The van der Waals surface area contributed by atoms with E-state index in [2.05, 4.69) is 15.1 Å². The van der Waals surface area contributed by atoms with Crippen molar-refractivity contribution in [2.75, 3.05) is 0 Å². The van der Waals surface area contributed by atoms with E-state index in [9.17, 15) is 4.79 Å². The van der Waals surface area contributed by atoms with Crippen molar-refractivity contribution in [1.82, 2.24) is 19.7 Å². The molecular formula is C15H11ClN4O. The summed E-state index contributed by atoms with van der Waals surface area (Å²) in [4.78, 5) is 21.0. The van der Waals surface area contributed by atoms with Gasteiger partial charge in [0.1, 0.15) is 6.33 Å². The molecule has 3 aromatic rings. The summed E-state index contributed by atoms with van der Waals surface area (Å²) < 4.78 is 1.68. The number of benzene rings is 1. The van der Waals surface area contributed by atoms with E-state index < -0.39 is 0 Å². The van der Waals surface area contributed by atoms with E-state index in [1.165, 1.54) is 6.33 Å². The zero-order chi connectivity index (χ0) is 14.6. The number of nitrogens with zero attached hydrogens (tertiary/aromatic N) is 4. The highest BCUT2D eigenvalue weighted by molar-refractivity contribution is 6.30. The summed E-state index contributed by atoms with van der Waals surface area (Å²) in [5.41, 5.74) is 3.39. The number of fused-ring (bicyclic) bond motifs is 2. The quantitative estimate of drug-likeness (QED) is 0.691. The topological polar surface area (TPSA) is 60.7 Å². The predicted octanol–water partition coefficient (Wildman–Crippen LogP) is 2.27. The van der Waals surface area contributed by atoms with Crippen molar-refractivity contribution in [1.29, 1.82) is 0 Å². The van der Waals surface area contributed by atoms with Gasteiger partial charge in [0.15, 0.2) is 11.4 Å². The number of carbonyl (C=O) groups excluding carboxylic acids is 1. The smallest absolute Gasteiger partial charge is 0.161 e. The minimum atomic E-state index is -0.381. The van der Waals surface area contributed by atoms with Gasteiger partial charge in [-0.25, -0.2) is 9.97 Å². The van der Waals surface area contributed by atoms with Gasteiger partial charge in [-0.2, -0.15) is 5.10 Å². The van der Waals surface area contributed by atoms with Crippen molar-refractivity contribution in [3.05, 3.63) is 52.6 Å². The van der Waals surface area contributed by atoms with E-state index >= 15 is 0 Å². The van der Waals surface area contributed by atoms with Crippen molar-refractivity contribution in [2.45, 2.75) is 12.3 Å². The first-order chi connectivity index (χ1) is 10.1. The van der Waals surface area contributed by atoms with Crippen molar-refractivity contribution >= 4 is 28.4 Å². The highest BCUT2D eigenvalue weighted by atomic mass is 35.5. The lowest BCUT2D eigenvalue weighted by Gasteiger charge is -2.11. The lowest BCUT2D eigenvalue weighted by molar-refractivity contribution is -0.118. The molecule has 1 aliphatic rings. The molecule has 1 aliphatic carbocycles. The molecule has 2 aromatic heterocycles. The molecule has 4 rings (SSSR count). The fraction of sp³-hybridized carbons (Fsp3) is 0.200. The SMILES string of the molecule is Cn1ncc2c(C3C(=O)Cc4ccc(Cl)cc43)ncnc21. The summed E-state index contributed by atoms with van der Waals surface area (Å²) in [6.07, 6.45) is 3.61. The molecule has 21 heavy (non-hydrogen) atoms. The van der Waals surface area contributed by atoms with Crippen LogP contribution in [0.5, 0.6) is 0 Å². The van der Waals surface area contributed by atoms with E-state index in [4.69, 9.17) is 11.6 Å². The molecule has 1 atom stereocenters. The summed E-state index contributed by atoms with van der Waals surface area (Å²) in [6, 6.07) is 5.59. The average molecular weight is 299 g/mol. The molecule has 2 heterocycles. The first kappa shape index (κ1) is 12.5. The largest absolute Gasteiger partial charge is 0.298 e. The van der Waals surface area contributed by atoms with Gasteiger partial charge in [0.25, 0.3) is 0 Å². The number of halogens is 1. The summed E-state index contributed by atoms with van der Waals surface area (Å²) in [6.45, 7) is 0. The highest BCUT2D eigenvalue weighted by Crippen LogP contribution is 2.38. The van der Waals surface area contributed by atoms with Crippen molar-refractivity contribution in [2.24, 2.45) is 7.05 Å². The maximum Gasteiger partial charge on any atom is 0.161 e. The first-order valence-electron chi connectivity index (χ1n) is 6.59. The fourth-order valence-corrected chi connectivity index (χ4v) is 3.15. The Hall–Kier alpha value is -2.27. The Labute approximate surface area is 125 Å². The Morgan fingerprint density at radius 3 is 3.05 bits per heavy atom. The molecule has 0 N–H and O–H groups in total. The highest BCUT2D eigenvalue weighted by Gasteiger charge is 2.34. The van der Waals surface area contributed by atoms with Gasteiger partial charge in [0, 0.05) is 18.5 Å². The molecule has 0 aliphatic heterocycles. The Balaban J connectivity index is 1.98. The number of aryl methyl sites for hydroxylation is 1. The van der Waals surface area contributed by atoms with E-state index in [0.29, 0.717) is 17.1 Å². The van der Waals surface area contributed by atoms with Crippen LogP contribution in [0.2, 0.25) is 5.02 Å². The van der Waals surface area contributed by atoms with Gasteiger partial charge in [-0.05, 0) is 23.3 Å². The second-order valence-corrected chi connectivity index (χ2v) is 5.62. The van der Waals surface area contributed by atoms with Crippen LogP contribution in [0.4, 0.5) is 0 Å². The Bertz CT molecular complexity index is 887. The van der Waals surface area contributed by atoms with Gasteiger partial charge in [-0.3, -0.25) is 9.48 Å². The van der Waals surface area contributed by atoms with Crippen molar-refractivity contribution < 1.29 is 4.79 Å². The van der Waals surface area contributed by atoms with Crippen molar-refractivity contribution in [3.63, 3.8) is 0 Å². The molecule has 0 radical (unpaired) electrons. The third-order valence-electron chi connectivity index (χ3n) is 3.94. The zero-order valence-corrected chi connectivity index (χ0v) is 12.0. The molecule has 6 heteroatoms. The van der Waals surface area contributed by atoms with Gasteiger partial charge in [-0.15, -0.1) is 0 Å². The first-order valence-corrected chi connectivity index (χ1v) is 6.96. The number of hydrogen-bond donors (Lipinski definition) is 0. The second-order valence-electron chi connectivity index (χ2n) is 5.18. The van der Waals surface area contributed by atoms with E-state index in [-0.39, 0.29) is 11.7 Å². The molecule has 104 valence electrons. The van der Waals surface area contributed by atoms with E-state index in [1.54, 1.807) is 10.9 Å². The molecule has 1 unspecified atom stereocenters.